The smallest absolute Gasteiger partial charge is 0.255 e. The van der Waals surface area contributed by atoms with Crippen molar-refractivity contribution in [2.75, 3.05) is 5.32 Å². The molecule has 96 valence electrons. The van der Waals surface area contributed by atoms with Crippen LogP contribution < -0.4 is 5.32 Å². The summed E-state index contributed by atoms with van der Waals surface area (Å²) in [5.41, 5.74) is 0.925. The second-order valence-electron chi connectivity index (χ2n) is 5.01. The molecule has 2 atom stereocenters. The summed E-state index contributed by atoms with van der Waals surface area (Å²) in [6.45, 7) is 4.24. The van der Waals surface area contributed by atoms with Crippen LogP contribution in [-0.4, -0.2) is 25.6 Å². The predicted octanol–water partition coefficient (Wildman–Crippen LogP) is 2.69. The van der Waals surface area contributed by atoms with Crippen LogP contribution >= 0.6 is 11.6 Å². The molecular formula is C12H16ClN5. The fraction of sp³-hybridized carbons (Fsp3) is 0.583. The molecule has 1 aliphatic rings. The van der Waals surface area contributed by atoms with E-state index in [9.17, 15) is 0 Å². The highest BCUT2D eigenvalue weighted by molar-refractivity contribution is 6.30. The van der Waals surface area contributed by atoms with E-state index in [1.165, 1.54) is 25.6 Å². The van der Waals surface area contributed by atoms with Crippen molar-refractivity contribution in [3.63, 3.8) is 0 Å². The van der Waals surface area contributed by atoms with E-state index >= 15 is 0 Å². The number of nitrogens with one attached hydrogen (secondary N) is 1. The summed E-state index contributed by atoms with van der Waals surface area (Å²) in [6.07, 6.45) is 5.24. The zero-order valence-corrected chi connectivity index (χ0v) is 11.3. The molecule has 0 bridgehead atoms. The van der Waals surface area contributed by atoms with E-state index in [1.54, 1.807) is 4.52 Å². The molecule has 0 radical (unpaired) electrons. The maximum atomic E-state index is 6.14. The minimum absolute atomic E-state index is 0.481. The molecule has 0 amide bonds. The van der Waals surface area contributed by atoms with Gasteiger partial charge in [-0.1, -0.05) is 24.9 Å². The van der Waals surface area contributed by atoms with Crippen molar-refractivity contribution in [2.24, 2.45) is 5.92 Å². The summed E-state index contributed by atoms with van der Waals surface area (Å²) in [5.74, 6) is 2.13. The molecular weight excluding hydrogens is 250 g/mol. The van der Waals surface area contributed by atoms with E-state index in [-0.39, 0.29) is 0 Å². The number of anilines is 1. The second kappa shape index (κ2) is 4.39. The van der Waals surface area contributed by atoms with Gasteiger partial charge in [-0.2, -0.15) is 19.6 Å². The van der Waals surface area contributed by atoms with Gasteiger partial charge < -0.3 is 5.32 Å². The molecule has 1 N–H and O–H groups in total. The molecule has 6 heteroatoms. The number of halogens is 1. The Balaban J connectivity index is 2.04. The van der Waals surface area contributed by atoms with Crippen molar-refractivity contribution in [3.8, 4) is 0 Å². The van der Waals surface area contributed by atoms with Gasteiger partial charge in [-0.05, 0) is 25.7 Å². The molecule has 2 unspecified atom stereocenters. The number of hydrogen-bond acceptors (Lipinski definition) is 4. The van der Waals surface area contributed by atoms with E-state index in [1.807, 2.05) is 6.92 Å². The summed E-state index contributed by atoms with van der Waals surface area (Å²) in [4.78, 5) is 8.30. The molecule has 0 spiro atoms. The van der Waals surface area contributed by atoms with Crippen LogP contribution in [0.25, 0.3) is 5.78 Å². The van der Waals surface area contributed by atoms with Crippen molar-refractivity contribution in [2.45, 2.75) is 39.2 Å². The highest BCUT2D eigenvalue weighted by atomic mass is 35.5. The van der Waals surface area contributed by atoms with Crippen molar-refractivity contribution in [1.29, 1.82) is 0 Å². The predicted molar refractivity (Wildman–Crippen MR) is 71.0 cm³/mol. The van der Waals surface area contributed by atoms with Crippen LogP contribution in [0.5, 0.6) is 0 Å². The topological polar surface area (TPSA) is 55.1 Å². The molecule has 18 heavy (non-hydrogen) atoms. The molecule has 2 aromatic heterocycles. The van der Waals surface area contributed by atoms with Crippen LogP contribution in [0.3, 0.4) is 0 Å². The Morgan fingerprint density at radius 3 is 3.00 bits per heavy atom. The lowest BCUT2D eigenvalue weighted by Crippen LogP contribution is -2.24. The van der Waals surface area contributed by atoms with Gasteiger partial charge in [0.25, 0.3) is 5.78 Å². The quantitative estimate of drug-likeness (QED) is 0.849. The first-order valence-electron chi connectivity index (χ1n) is 6.29. The van der Waals surface area contributed by atoms with Crippen LogP contribution in [0.15, 0.2) is 6.33 Å². The third-order valence-electron chi connectivity index (χ3n) is 3.79. The number of aromatic nitrogens is 4. The van der Waals surface area contributed by atoms with Gasteiger partial charge in [0.05, 0.1) is 0 Å². The Kier molecular flexibility index (Phi) is 2.86. The van der Waals surface area contributed by atoms with E-state index < -0.39 is 0 Å². The normalized spacial score (nSPS) is 23.7. The SMILES string of the molecule is Cc1c(Cl)nc2ncnn2c1NC1CCCC1C. The molecule has 5 nitrogen and oxygen atoms in total. The van der Waals surface area contributed by atoms with Crippen molar-refractivity contribution in [1.82, 2.24) is 19.6 Å². The van der Waals surface area contributed by atoms with Crippen molar-refractivity contribution in [3.05, 3.63) is 17.0 Å². The Bertz CT molecular complexity index is 579. The monoisotopic (exact) mass is 265 g/mol. The van der Waals surface area contributed by atoms with Crippen LogP contribution in [-0.2, 0) is 0 Å². The van der Waals surface area contributed by atoms with Crippen molar-refractivity contribution < 1.29 is 0 Å². The zero-order valence-electron chi connectivity index (χ0n) is 10.5. The van der Waals surface area contributed by atoms with Gasteiger partial charge in [0.2, 0.25) is 0 Å². The van der Waals surface area contributed by atoms with Gasteiger partial charge in [-0.15, -0.1) is 0 Å². The first-order valence-corrected chi connectivity index (χ1v) is 6.67. The zero-order chi connectivity index (χ0) is 12.7. The summed E-state index contributed by atoms with van der Waals surface area (Å²) in [5, 5.41) is 8.26. The van der Waals surface area contributed by atoms with E-state index in [2.05, 4.69) is 27.3 Å². The van der Waals surface area contributed by atoms with Crippen LogP contribution in [0.4, 0.5) is 5.82 Å². The molecule has 1 fully saturated rings. The lowest BCUT2D eigenvalue weighted by molar-refractivity contribution is 0.552. The standard InChI is InChI=1S/C12H16ClN5/c1-7-4-3-5-9(7)16-11-8(2)10(13)17-12-14-6-15-18(11)12/h6-7,9,16H,3-5H2,1-2H3. The average Bonchev–Trinajstić information content (AvgIpc) is 2.94. The van der Waals surface area contributed by atoms with Gasteiger partial charge in [0.1, 0.15) is 17.3 Å². The Labute approximate surface area is 111 Å². The third kappa shape index (κ3) is 1.82. The van der Waals surface area contributed by atoms with E-state index in [4.69, 9.17) is 11.6 Å². The Hall–Kier alpha value is -1.36. The number of fused-ring (bicyclic) bond motifs is 1. The molecule has 1 saturated carbocycles. The summed E-state index contributed by atoms with van der Waals surface area (Å²) < 4.78 is 1.73. The first-order chi connectivity index (χ1) is 8.66. The average molecular weight is 266 g/mol. The van der Waals surface area contributed by atoms with E-state index in [0.29, 0.717) is 22.9 Å². The third-order valence-corrected chi connectivity index (χ3v) is 4.16. The lowest BCUT2D eigenvalue weighted by atomic mass is 10.1. The van der Waals surface area contributed by atoms with Crippen LogP contribution in [0, 0.1) is 12.8 Å². The Morgan fingerprint density at radius 1 is 1.44 bits per heavy atom. The van der Waals surface area contributed by atoms with Gasteiger partial charge in [-0.3, -0.25) is 0 Å². The van der Waals surface area contributed by atoms with Crippen molar-refractivity contribution >= 4 is 23.2 Å². The minimum atomic E-state index is 0.481. The Morgan fingerprint density at radius 2 is 2.28 bits per heavy atom. The fourth-order valence-electron chi connectivity index (χ4n) is 2.60. The molecule has 0 saturated heterocycles. The highest BCUT2D eigenvalue weighted by Crippen LogP contribution is 2.30. The van der Waals surface area contributed by atoms with Gasteiger partial charge in [0.15, 0.2) is 0 Å². The molecule has 0 aromatic carbocycles. The number of nitrogens with zero attached hydrogens (tertiary/aromatic N) is 4. The minimum Gasteiger partial charge on any atom is -0.367 e. The molecule has 1 aliphatic carbocycles. The maximum absolute atomic E-state index is 6.14. The molecule has 3 rings (SSSR count). The summed E-state index contributed by atoms with van der Waals surface area (Å²) in [7, 11) is 0. The summed E-state index contributed by atoms with van der Waals surface area (Å²) in [6, 6.07) is 0.481. The van der Waals surface area contributed by atoms with Crippen LogP contribution in [0.1, 0.15) is 31.7 Å². The van der Waals surface area contributed by atoms with Gasteiger partial charge in [-0.25, -0.2) is 0 Å². The molecule has 2 heterocycles. The van der Waals surface area contributed by atoms with Gasteiger partial charge >= 0.3 is 0 Å². The number of rotatable bonds is 2. The fourth-order valence-corrected chi connectivity index (χ4v) is 2.77. The number of hydrogen-bond donors (Lipinski definition) is 1. The maximum Gasteiger partial charge on any atom is 0.255 e. The molecule has 2 aromatic rings. The largest absolute Gasteiger partial charge is 0.367 e. The van der Waals surface area contributed by atoms with E-state index in [0.717, 1.165) is 11.4 Å². The summed E-state index contributed by atoms with van der Waals surface area (Å²) >= 11 is 6.14. The van der Waals surface area contributed by atoms with Gasteiger partial charge in [0, 0.05) is 11.6 Å². The second-order valence-corrected chi connectivity index (χ2v) is 5.37. The first kappa shape index (κ1) is 11.7. The lowest BCUT2D eigenvalue weighted by Gasteiger charge is -2.20. The van der Waals surface area contributed by atoms with Crippen LogP contribution in [0.2, 0.25) is 5.15 Å². The molecule has 0 aliphatic heterocycles. The highest BCUT2D eigenvalue weighted by Gasteiger charge is 2.25.